The van der Waals surface area contributed by atoms with Crippen LogP contribution in [-0.2, 0) is 30.4 Å². The summed E-state index contributed by atoms with van der Waals surface area (Å²) in [6, 6.07) is 4.02. The lowest BCUT2D eigenvalue weighted by molar-refractivity contribution is -0.141. The van der Waals surface area contributed by atoms with E-state index in [0.717, 1.165) is 0 Å². The molecule has 7 N–H and O–H groups in total. The molecule has 1 aromatic carbocycles. The van der Waals surface area contributed by atoms with Gasteiger partial charge in [0.25, 0.3) is 0 Å². The maximum Gasteiger partial charge on any atom is 0.327 e. The highest BCUT2D eigenvalue weighted by Crippen LogP contribution is 2.06. The first-order chi connectivity index (χ1) is 15.0. The average Bonchev–Trinajstić information content (AvgIpc) is 2.74. The molecular weight excluding hydrogens is 440 g/mol. The molecule has 1 rings (SSSR count). The minimum atomic E-state index is -1.29. The Kier molecular flexibility index (Phi) is 11.2. The van der Waals surface area contributed by atoms with Crippen molar-refractivity contribution in [2.45, 2.75) is 50.4 Å². The lowest BCUT2D eigenvalue weighted by Gasteiger charge is -2.24. The quantitative estimate of drug-likeness (QED) is 0.178. The first kappa shape index (κ1) is 26.9. The highest BCUT2D eigenvalue weighted by atomic mass is 32.1. The van der Waals surface area contributed by atoms with Gasteiger partial charge in [-0.25, -0.2) is 4.79 Å². The van der Waals surface area contributed by atoms with Crippen LogP contribution in [0.25, 0.3) is 0 Å². The summed E-state index contributed by atoms with van der Waals surface area (Å²) in [5.41, 5.74) is 6.19. The largest absolute Gasteiger partial charge is 0.481 e. The molecule has 4 atom stereocenters. The molecule has 11 nitrogen and oxygen atoms in total. The van der Waals surface area contributed by atoms with Gasteiger partial charge in [-0.1, -0.05) is 30.3 Å². The van der Waals surface area contributed by atoms with Crippen molar-refractivity contribution in [1.29, 1.82) is 0 Å². The molecule has 32 heavy (non-hydrogen) atoms. The van der Waals surface area contributed by atoms with E-state index in [2.05, 4.69) is 28.6 Å². The van der Waals surface area contributed by atoms with E-state index in [4.69, 9.17) is 10.8 Å². The second kappa shape index (κ2) is 13.3. The number of hydrogen-bond acceptors (Lipinski definition) is 7. The van der Waals surface area contributed by atoms with Crippen molar-refractivity contribution in [3.05, 3.63) is 35.9 Å². The van der Waals surface area contributed by atoms with Crippen LogP contribution in [0.5, 0.6) is 0 Å². The Bertz CT molecular complexity index is 819. The Morgan fingerprint density at radius 3 is 1.94 bits per heavy atom. The molecule has 3 amide bonds. The Labute approximate surface area is 190 Å². The Balaban J connectivity index is 3.07. The van der Waals surface area contributed by atoms with Crippen LogP contribution >= 0.6 is 12.6 Å². The van der Waals surface area contributed by atoms with E-state index in [1.807, 2.05) is 0 Å². The monoisotopic (exact) mass is 468 g/mol. The van der Waals surface area contributed by atoms with Crippen LogP contribution < -0.4 is 21.7 Å². The number of benzene rings is 1. The number of aliphatic carboxylic acids is 2. The molecule has 12 heteroatoms. The molecule has 0 spiro atoms. The van der Waals surface area contributed by atoms with E-state index < -0.39 is 60.2 Å². The third-order valence-corrected chi connectivity index (χ3v) is 4.77. The molecule has 0 bridgehead atoms. The van der Waals surface area contributed by atoms with Gasteiger partial charge in [-0.05, 0) is 18.9 Å². The fourth-order valence-corrected chi connectivity index (χ4v) is 2.88. The smallest absolute Gasteiger partial charge is 0.327 e. The SMILES string of the molecule is CC(N)C(=O)NC(CCC(=O)O)C(=O)NC(Cc1ccccc1)C(=O)NC(CS)C(=O)O. The predicted octanol–water partition coefficient (Wildman–Crippen LogP) is -1.09. The lowest BCUT2D eigenvalue weighted by Crippen LogP contribution is -2.57. The number of thiol groups is 1. The molecule has 0 saturated carbocycles. The normalized spacial score (nSPS) is 14.3. The van der Waals surface area contributed by atoms with Crippen LogP contribution in [0, 0.1) is 0 Å². The molecule has 0 aliphatic rings. The van der Waals surface area contributed by atoms with E-state index in [0.29, 0.717) is 5.56 Å². The van der Waals surface area contributed by atoms with E-state index in [1.54, 1.807) is 30.3 Å². The molecule has 176 valence electrons. The van der Waals surface area contributed by atoms with Crippen molar-refractivity contribution < 1.29 is 34.2 Å². The van der Waals surface area contributed by atoms with Crippen LogP contribution in [0.1, 0.15) is 25.3 Å². The number of carboxylic acid groups (broad SMARTS) is 2. The number of nitrogens with two attached hydrogens (primary N) is 1. The first-order valence-corrected chi connectivity index (χ1v) is 10.4. The number of rotatable bonds is 13. The minimum Gasteiger partial charge on any atom is -0.481 e. The minimum absolute atomic E-state index is 0.0320. The summed E-state index contributed by atoms with van der Waals surface area (Å²) in [5.74, 6) is -4.86. The highest BCUT2D eigenvalue weighted by Gasteiger charge is 2.30. The van der Waals surface area contributed by atoms with E-state index in [1.165, 1.54) is 6.92 Å². The number of amides is 3. The second-order valence-electron chi connectivity index (χ2n) is 7.12. The molecule has 0 heterocycles. The van der Waals surface area contributed by atoms with Crippen molar-refractivity contribution >= 4 is 42.3 Å². The van der Waals surface area contributed by atoms with Crippen LogP contribution in [0.4, 0.5) is 0 Å². The molecule has 0 aromatic heterocycles. The van der Waals surface area contributed by atoms with Crippen molar-refractivity contribution in [2.24, 2.45) is 5.73 Å². The Hall–Kier alpha value is -3.12. The van der Waals surface area contributed by atoms with Crippen LogP contribution in [-0.4, -0.2) is 69.8 Å². The van der Waals surface area contributed by atoms with Gasteiger partial charge in [-0.15, -0.1) is 0 Å². The van der Waals surface area contributed by atoms with Crippen LogP contribution in [0.15, 0.2) is 30.3 Å². The Morgan fingerprint density at radius 1 is 0.906 bits per heavy atom. The lowest BCUT2D eigenvalue weighted by atomic mass is 10.0. The van der Waals surface area contributed by atoms with Crippen molar-refractivity contribution in [3.8, 4) is 0 Å². The maximum atomic E-state index is 12.8. The van der Waals surface area contributed by atoms with Gasteiger partial charge in [0.15, 0.2) is 0 Å². The zero-order valence-electron chi connectivity index (χ0n) is 17.5. The van der Waals surface area contributed by atoms with E-state index >= 15 is 0 Å². The van der Waals surface area contributed by atoms with Crippen molar-refractivity contribution in [1.82, 2.24) is 16.0 Å². The predicted molar refractivity (Wildman–Crippen MR) is 118 cm³/mol. The van der Waals surface area contributed by atoms with Gasteiger partial charge in [0, 0.05) is 18.6 Å². The third-order valence-electron chi connectivity index (χ3n) is 4.41. The Morgan fingerprint density at radius 2 is 1.44 bits per heavy atom. The van der Waals surface area contributed by atoms with Gasteiger partial charge in [-0.2, -0.15) is 12.6 Å². The third kappa shape index (κ3) is 9.35. The summed E-state index contributed by atoms with van der Waals surface area (Å²) >= 11 is 3.91. The molecule has 0 saturated heterocycles. The van der Waals surface area contributed by atoms with Gasteiger partial charge >= 0.3 is 11.9 Å². The molecule has 0 fully saturated rings. The van der Waals surface area contributed by atoms with Gasteiger partial charge in [0.2, 0.25) is 17.7 Å². The summed E-state index contributed by atoms with van der Waals surface area (Å²) in [6.07, 6.45) is -0.606. The zero-order chi connectivity index (χ0) is 24.3. The van der Waals surface area contributed by atoms with Crippen LogP contribution in [0.2, 0.25) is 0 Å². The van der Waals surface area contributed by atoms with Gasteiger partial charge in [-0.3, -0.25) is 19.2 Å². The summed E-state index contributed by atoms with van der Waals surface area (Å²) in [7, 11) is 0. The molecular formula is C20H28N4O7S. The van der Waals surface area contributed by atoms with Gasteiger partial charge in [0.05, 0.1) is 6.04 Å². The van der Waals surface area contributed by atoms with Crippen LogP contribution in [0.3, 0.4) is 0 Å². The first-order valence-electron chi connectivity index (χ1n) is 9.81. The zero-order valence-corrected chi connectivity index (χ0v) is 18.4. The average molecular weight is 469 g/mol. The second-order valence-corrected chi connectivity index (χ2v) is 7.48. The molecule has 1 aromatic rings. The standard InChI is InChI=1S/C20H28N4O7S/c1-11(21)17(27)22-13(7-8-16(25)26)18(28)23-14(9-12-5-3-2-4-6-12)19(29)24-15(10-32)20(30)31/h2-6,11,13-15,32H,7-10,21H2,1H3,(H,22,27)(H,23,28)(H,24,29)(H,25,26)(H,30,31). The molecule has 4 unspecified atom stereocenters. The maximum absolute atomic E-state index is 12.8. The van der Waals surface area contributed by atoms with Gasteiger partial charge in [0.1, 0.15) is 18.1 Å². The molecule has 0 aliphatic carbocycles. The highest BCUT2D eigenvalue weighted by molar-refractivity contribution is 7.80. The summed E-state index contributed by atoms with van der Waals surface area (Å²) in [6.45, 7) is 1.40. The topological polar surface area (TPSA) is 188 Å². The van der Waals surface area contributed by atoms with Crippen molar-refractivity contribution in [3.63, 3.8) is 0 Å². The van der Waals surface area contributed by atoms with Gasteiger partial charge < -0.3 is 31.9 Å². The van der Waals surface area contributed by atoms with E-state index in [-0.39, 0.29) is 18.6 Å². The summed E-state index contributed by atoms with van der Waals surface area (Å²) < 4.78 is 0. The molecule has 0 aliphatic heterocycles. The number of carboxylic acids is 2. The number of carbonyl (C=O) groups is 5. The number of hydrogen-bond donors (Lipinski definition) is 7. The summed E-state index contributed by atoms with van der Waals surface area (Å²) in [4.78, 5) is 59.7. The fourth-order valence-electron chi connectivity index (χ4n) is 2.63. The summed E-state index contributed by atoms with van der Waals surface area (Å²) in [5, 5.41) is 25.3. The molecule has 0 radical (unpaired) electrons. The number of carbonyl (C=O) groups excluding carboxylic acids is 3. The van der Waals surface area contributed by atoms with E-state index in [9.17, 15) is 29.1 Å². The number of nitrogens with one attached hydrogen (secondary N) is 3. The van der Waals surface area contributed by atoms with Crippen molar-refractivity contribution in [2.75, 3.05) is 5.75 Å². The fraction of sp³-hybridized carbons (Fsp3) is 0.450.